The highest BCUT2D eigenvalue weighted by Gasteiger charge is 2.28. The molecular weight excluding hydrogens is 444 g/mol. The van der Waals surface area contributed by atoms with E-state index in [9.17, 15) is 14.9 Å². The number of carbonyl (C=O) groups excluding carboxylic acids is 1. The average molecular weight is 465 g/mol. The Morgan fingerprint density at radius 2 is 1.68 bits per heavy atom. The predicted molar refractivity (Wildman–Crippen MR) is 122 cm³/mol. The Kier molecular flexibility index (Phi) is 7.13. The van der Waals surface area contributed by atoms with E-state index in [0.29, 0.717) is 48.4 Å². The molecule has 164 valence electrons. The van der Waals surface area contributed by atoms with Crippen LogP contribution >= 0.6 is 23.8 Å². The molecule has 1 fully saturated rings. The molecular formula is C20H21ClN4O5S. The predicted octanol–water partition coefficient (Wildman–Crippen LogP) is 3.10. The minimum Gasteiger partial charge on any atom is -0.496 e. The largest absolute Gasteiger partial charge is 0.496 e. The smallest absolute Gasteiger partial charge is 0.294 e. The molecule has 0 unspecified atom stereocenters. The van der Waals surface area contributed by atoms with Gasteiger partial charge in [-0.1, -0.05) is 23.7 Å². The van der Waals surface area contributed by atoms with Crippen LogP contribution in [0, 0.1) is 10.1 Å². The number of thiocarbonyl (C=S) groups is 1. The van der Waals surface area contributed by atoms with E-state index < -0.39 is 10.8 Å². The number of piperazine rings is 1. The molecule has 1 saturated heterocycles. The van der Waals surface area contributed by atoms with Crippen LogP contribution in [0.5, 0.6) is 11.5 Å². The van der Waals surface area contributed by atoms with E-state index in [-0.39, 0.29) is 16.4 Å². The van der Waals surface area contributed by atoms with Crippen molar-refractivity contribution in [3.05, 3.63) is 57.1 Å². The van der Waals surface area contributed by atoms with Crippen molar-refractivity contribution in [3.8, 4) is 11.5 Å². The molecule has 0 saturated carbocycles. The minimum atomic E-state index is -0.445. The summed E-state index contributed by atoms with van der Waals surface area (Å²) < 4.78 is 10.5. The SMILES string of the molecule is COc1cccc(OC)c1C(=O)NC(=S)N1CCN(c2c(Cl)cccc2[N+](=O)[O-])CC1. The molecule has 11 heteroatoms. The molecule has 0 aromatic heterocycles. The molecule has 0 radical (unpaired) electrons. The van der Waals surface area contributed by atoms with Crippen molar-refractivity contribution in [2.75, 3.05) is 45.3 Å². The lowest BCUT2D eigenvalue weighted by Crippen LogP contribution is -2.52. The second kappa shape index (κ2) is 9.80. The van der Waals surface area contributed by atoms with Gasteiger partial charge in [0.25, 0.3) is 11.6 Å². The Labute approximate surface area is 189 Å². The number of carbonyl (C=O) groups is 1. The molecule has 0 spiro atoms. The summed E-state index contributed by atoms with van der Waals surface area (Å²) in [5.74, 6) is 0.300. The quantitative estimate of drug-likeness (QED) is 0.409. The van der Waals surface area contributed by atoms with Crippen molar-refractivity contribution in [2.24, 2.45) is 0 Å². The number of benzene rings is 2. The summed E-state index contributed by atoms with van der Waals surface area (Å²) in [6, 6.07) is 9.66. The van der Waals surface area contributed by atoms with Gasteiger partial charge < -0.3 is 19.3 Å². The molecule has 31 heavy (non-hydrogen) atoms. The molecule has 2 aromatic carbocycles. The van der Waals surface area contributed by atoms with Gasteiger partial charge in [0.05, 0.1) is 24.2 Å². The highest BCUT2D eigenvalue weighted by Crippen LogP contribution is 2.36. The van der Waals surface area contributed by atoms with Crippen LogP contribution in [-0.2, 0) is 0 Å². The Hall–Kier alpha value is -3.11. The molecule has 1 heterocycles. The average Bonchev–Trinajstić information content (AvgIpc) is 2.78. The first-order valence-corrected chi connectivity index (χ1v) is 10.1. The maximum atomic E-state index is 12.8. The number of nitrogens with one attached hydrogen (secondary N) is 1. The monoisotopic (exact) mass is 464 g/mol. The summed E-state index contributed by atoms with van der Waals surface area (Å²) in [6.45, 7) is 1.84. The summed E-state index contributed by atoms with van der Waals surface area (Å²) in [5.41, 5.74) is 0.600. The first-order valence-electron chi connectivity index (χ1n) is 9.36. The van der Waals surface area contributed by atoms with E-state index in [2.05, 4.69) is 5.32 Å². The van der Waals surface area contributed by atoms with Crippen molar-refractivity contribution in [1.29, 1.82) is 0 Å². The van der Waals surface area contributed by atoms with Crippen LogP contribution in [0.25, 0.3) is 0 Å². The molecule has 1 aliphatic heterocycles. The minimum absolute atomic E-state index is 0.0416. The van der Waals surface area contributed by atoms with Crippen LogP contribution < -0.4 is 19.7 Å². The van der Waals surface area contributed by atoms with Crippen LogP contribution in [0.3, 0.4) is 0 Å². The van der Waals surface area contributed by atoms with Crippen molar-refractivity contribution in [3.63, 3.8) is 0 Å². The standard InChI is InChI=1S/C20H21ClN4O5S/c1-29-15-7-4-8-16(30-2)17(15)19(26)22-20(31)24-11-9-23(10-12-24)18-13(21)5-3-6-14(18)25(27)28/h3-8H,9-12H2,1-2H3,(H,22,26,31). The number of hydrogen-bond donors (Lipinski definition) is 1. The number of nitro benzene ring substituents is 1. The van der Waals surface area contributed by atoms with Gasteiger partial charge in [-0.05, 0) is 30.4 Å². The number of hydrogen-bond acceptors (Lipinski definition) is 7. The summed E-state index contributed by atoms with van der Waals surface area (Å²) in [7, 11) is 2.94. The van der Waals surface area contributed by atoms with Crippen LogP contribution in [0.15, 0.2) is 36.4 Å². The van der Waals surface area contributed by atoms with E-state index in [1.807, 2.05) is 9.80 Å². The lowest BCUT2D eigenvalue weighted by atomic mass is 10.1. The van der Waals surface area contributed by atoms with Gasteiger partial charge in [-0.15, -0.1) is 0 Å². The third-order valence-corrected chi connectivity index (χ3v) is 5.59. The maximum absolute atomic E-state index is 12.8. The van der Waals surface area contributed by atoms with Gasteiger partial charge in [-0.3, -0.25) is 20.2 Å². The zero-order valence-electron chi connectivity index (χ0n) is 17.0. The van der Waals surface area contributed by atoms with Gasteiger partial charge in [-0.25, -0.2) is 0 Å². The maximum Gasteiger partial charge on any atom is 0.294 e. The van der Waals surface area contributed by atoms with Gasteiger partial charge in [0.15, 0.2) is 5.11 Å². The second-order valence-corrected chi connectivity index (χ2v) is 7.43. The van der Waals surface area contributed by atoms with E-state index in [1.165, 1.54) is 20.3 Å². The van der Waals surface area contributed by atoms with Crippen LogP contribution in [-0.4, -0.2) is 61.2 Å². The van der Waals surface area contributed by atoms with Crippen molar-refractivity contribution in [2.45, 2.75) is 0 Å². The third-order valence-electron chi connectivity index (χ3n) is 4.92. The van der Waals surface area contributed by atoms with Crippen molar-refractivity contribution < 1.29 is 19.2 Å². The number of ether oxygens (including phenoxy) is 2. The number of halogens is 1. The number of nitrogens with zero attached hydrogens (tertiary/aromatic N) is 3. The van der Waals surface area contributed by atoms with E-state index in [1.54, 1.807) is 30.3 Å². The lowest BCUT2D eigenvalue weighted by Gasteiger charge is -2.37. The summed E-state index contributed by atoms with van der Waals surface area (Å²) in [6.07, 6.45) is 0. The molecule has 0 atom stereocenters. The highest BCUT2D eigenvalue weighted by atomic mass is 35.5. The van der Waals surface area contributed by atoms with Gasteiger partial charge in [0.2, 0.25) is 0 Å². The van der Waals surface area contributed by atoms with Gasteiger partial charge >= 0.3 is 0 Å². The molecule has 3 rings (SSSR count). The summed E-state index contributed by atoms with van der Waals surface area (Å²) in [4.78, 5) is 27.4. The molecule has 1 N–H and O–H groups in total. The number of rotatable bonds is 5. The van der Waals surface area contributed by atoms with Crippen molar-refractivity contribution in [1.82, 2.24) is 10.2 Å². The zero-order valence-corrected chi connectivity index (χ0v) is 18.5. The number of para-hydroxylation sites is 1. The molecule has 0 aliphatic carbocycles. The number of anilines is 1. The normalized spacial score (nSPS) is 13.5. The summed E-state index contributed by atoms with van der Waals surface area (Å²) in [5, 5.41) is 14.7. The van der Waals surface area contributed by atoms with Crippen LogP contribution in [0.2, 0.25) is 5.02 Å². The van der Waals surface area contributed by atoms with E-state index >= 15 is 0 Å². The van der Waals surface area contributed by atoms with Gasteiger partial charge in [0.1, 0.15) is 22.7 Å². The fourth-order valence-corrected chi connectivity index (χ4v) is 3.98. The molecule has 1 amide bonds. The van der Waals surface area contributed by atoms with E-state index in [0.717, 1.165) is 0 Å². The molecule has 0 bridgehead atoms. The fraction of sp³-hybridized carbons (Fsp3) is 0.300. The molecule has 1 aliphatic rings. The summed E-state index contributed by atoms with van der Waals surface area (Å²) >= 11 is 11.7. The second-order valence-electron chi connectivity index (χ2n) is 6.64. The Morgan fingerprint density at radius 1 is 1.10 bits per heavy atom. The van der Waals surface area contributed by atoms with Gasteiger partial charge in [-0.2, -0.15) is 0 Å². The van der Waals surface area contributed by atoms with Crippen molar-refractivity contribution >= 4 is 46.2 Å². The Morgan fingerprint density at radius 3 is 2.23 bits per heavy atom. The lowest BCUT2D eigenvalue weighted by molar-refractivity contribution is -0.384. The molecule has 2 aromatic rings. The number of methoxy groups -OCH3 is 2. The number of nitro groups is 1. The topological polar surface area (TPSA) is 97.2 Å². The van der Waals surface area contributed by atoms with Gasteiger partial charge in [0, 0.05) is 32.2 Å². The fourth-order valence-electron chi connectivity index (χ4n) is 3.41. The Bertz CT molecular complexity index is 989. The van der Waals surface area contributed by atoms with E-state index in [4.69, 9.17) is 33.3 Å². The van der Waals surface area contributed by atoms with Crippen LogP contribution in [0.4, 0.5) is 11.4 Å². The molecule has 9 nitrogen and oxygen atoms in total. The zero-order chi connectivity index (χ0) is 22.5. The third kappa shape index (κ3) is 4.80. The first-order chi connectivity index (χ1) is 14.9. The van der Waals surface area contributed by atoms with Crippen LogP contribution in [0.1, 0.15) is 10.4 Å². The Balaban J connectivity index is 1.68. The first kappa shape index (κ1) is 22.6. The highest BCUT2D eigenvalue weighted by molar-refractivity contribution is 7.80. The number of amides is 1.